The Balaban J connectivity index is 2.32. The summed E-state index contributed by atoms with van der Waals surface area (Å²) < 4.78 is 4.97. The third-order valence-corrected chi connectivity index (χ3v) is 3.23. The van der Waals surface area contributed by atoms with Gasteiger partial charge in [0, 0.05) is 17.7 Å². The van der Waals surface area contributed by atoms with Crippen molar-refractivity contribution in [1.29, 1.82) is 0 Å². The summed E-state index contributed by atoms with van der Waals surface area (Å²) in [6.45, 7) is 3.42. The average molecular weight is 352 g/mol. The highest BCUT2D eigenvalue weighted by Crippen LogP contribution is 2.16. The fourth-order valence-corrected chi connectivity index (χ4v) is 2.04. The van der Waals surface area contributed by atoms with E-state index in [0.717, 1.165) is 0 Å². The van der Waals surface area contributed by atoms with Gasteiger partial charge in [-0.25, -0.2) is 4.79 Å². The fourth-order valence-electron chi connectivity index (χ4n) is 2.04. The van der Waals surface area contributed by atoms with Crippen molar-refractivity contribution < 1.29 is 19.2 Å². The predicted octanol–water partition coefficient (Wildman–Crippen LogP) is 3.09. The van der Waals surface area contributed by atoms with E-state index in [1.165, 1.54) is 30.4 Å². The molecule has 0 unspecified atom stereocenters. The number of amides is 1. The number of nitrogens with zero attached hydrogens (tertiary/aromatic N) is 1. The molecule has 2 aromatic carbocycles. The van der Waals surface area contributed by atoms with Crippen LogP contribution >= 0.6 is 0 Å². The summed E-state index contributed by atoms with van der Waals surface area (Å²) in [4.78, 5) is 34.9. The molecular formula is C19H16N2O5. The van der Waals surface area contributed by atoms with Crippen LogP contribution < -0.4 is 5.32 Å². The third kappa shape index (κ3) is 5.13. The van der Waals surface area contributed by atoms with Gasteiger partial charge in [-0.05, 0) is 23.8 Å². The van der Waals surface area contributed by atoms with Gasteiger partial charge in [0.2, 0.25) is 0 Å². The first-order valence-electron chi connectivity index (χ1n) is 7.62. The highest BCUT2D eigenvalue weighted by molar-refractivity contribution is 6.03. The van der Waals surface area contributed by atoms with Crippen molar-refractivity contribution in [3.63, 3.8) is 0 Å². The van der Waals surface area contributed by atoms with Gasteiger partial charge in [-0.1, -0.05) is 43.0 Å². The molecule has 0 bridgehead atoms. The van der Waals surface area contributed by atoms with E-state index >= 15 is 0 Å². The van der Waals surface area contributed by atoms with E-state index in [9.17, 15) is 19.7 Å². The molecule has 2 aromatic rings. The van der Waals surface area contributed by atoms with E-state index in [2.05, 4.69) is 11.9 Å². The van der Waals surface area contributed by atoms with E-state index in [0.29, 0.717) is 11.1 Å². The molecule has 132 valence electrons. The quantitative estimate of drug-likeness (QED) is 0.271. The number of hydrogen-bond acceptors (Lipinski definition) is 5. The molecule has 7 heteroatoms. The minimum atomic E-state index is -0.777. The van der Waals surface area contributed by atoms with Crippen molar-refractivity contribution in [2.24, 2.45) is 0 Å². The smallest absolute Gasteiger partial charge is 0.355 e. The number of nitrogens with one attached hydrogen (secondary N) is 1. The summed E-state index contributed by atoms with van der Waals surface area (Å²) >= 11 is 0. The first kappa shape index (κ1) is 18.6. The molecule has 0 aliphatic heterocycles. The Morgan fingerprint density at radius 2 is 1.88 bits per heavy atom. The zero-order chi connectivity index (χ0) is 18.9. The molecule has 0 saturated carbocycles. The molecule has 0 atom stereocenters. The summed E-state index contributed by atoms with van der Waals surface area (Å²) in [5.74, 6) is -1.28. The molecule has 0 saturated heterocycles. The van der Waals surface area contributed by atoms with Crippen LogP contribution in [0.1, 0.15) is 15.9 Å². The molecule has 0 aromatic heterocycles. The second-order valence-electron chi connectivity index (χ2n) is 5.12. The number of nitro groups is 1. The van der Waals surface area contributed by atoms with Crippen molar-refractivity contribution in [1.82, 2.24) is 5.32 Å². The van der Waals surface area contributed by atoms with Gasteiger partial charge in [0.1, 0.15) is 12.3 Å². The molecule has 0 radical (unpaired) electrons. The Bertz CT molecular complexity index is 859. The van der Waals surface area contributed by atoms with Crippen molar-refractivity contribution in [2.45, 2.75) is 0 Å². The molecule has 26 heavy (non-hydrogen) atoms. The van der Waals surface area contributed by atoms with Gasteiger partial charge in [-0.15, -0.1) is 0 Å². The van der Waals surface area contributed by atoms with Gasteiger partial charge < -0.3 is 10.1 Å². The average Bonchev–Trinajstić information content (AvgIpc) is 2.66. The molecule has 0 spiro atoms. The number of benzene rings is 2. The topological polar surface area (TPSA) is 98.5 Å². The Hall–Kier alpha value is -3.74. The van der Waals surface area contributed by atoms with Crippen LogP contribution in [0.4, 0.5) is 5.69 Å². The van der Waals surface area contributed by atoms with Gasteiger partial charge >= 0.3 is 5.97 Å². The van der Waals surface area contributed by atoms with Crippen molar-refractivity contribution in [3.8, 4) is 0 Å². The van der Waals surface area contributed by atoms with Crippen LogP contribution in [0.15, 0.2) is 72.9 Å². The second kappa shape index (κ2) is 8.93. The Morgan fingerprint density at radius 1 is 1.15 bits per heavy atom. The largest absolute Gasteiger partial charge is 0.457 e. The van der Waals surface area contributed by atoms with Crippen molar-refractivity contribution in [3.05, 3.63) is 94.2 Å². The van der Waals surface area contributed by atoms with Gasteiger partial charge in [-0.3, -0.25) is 14.9 Å². The molecule has 1 amide bonds. The summed E-state index contributed by atoms with van der Waals surface area (Å²) in [5.41, 5.74) is 0.459. The molecule has 0 heterocycles. The maximum atomic E-state index is 12.3. The maximum Gasteiger partial charge on any atom is 0.355 e. The lowest BCUT2D eigenvalue weighted by atomic mass is 10.1. The van der Waals surface area contributed by atoms with Crippen LogP contribution in [0, 0.1) is 10.1 Å². The standard InChI is InChI=1S/C19H16N2O5/c1-2-11-26-19(23)17(20-18(22)15-8-4-3-5-9-15)13-14-7-6-10-16(12-14)21(24)25/h2-10,12-13H,1,11H2,(H,20,22). The first-order chi connectivity index (χ1) is 12.5. The minimum absolute atomic E-state index is 0.0354. The van der Waals surface area contributed by atoms with Crippen LogP contribution in [0.5, 0.6) is 0 Å². The van der Waals surface area contributed by atoms with Gasteiger partial charge in [0.05, 0.1) is 4.92 Å². The van der Waals surface area contributed by atoms with Crippen LogP contribution in [0.2, 0.25) is 0 Å². The highest BCUT2D eigenvalue weighted by atomic mass is 16.6. The summed E-state index contributed by atoms with van der Waals surface area (Å²) in [7, 11) is 0. The molecule has 2 rings (SSSR count). The van der Waals surface area contributed by atoms with Gasteiger partial charge in [0.15, 0.2) is 0 Å². The van der Waals surface area contributed by atoms with E-state index < -0.39 is 16.8 Å². The van der Waals surface area contributed by atoms with E-state index in [1.807, 2.05) is 0 Å². The number of esters is 1. The summed E-state index contributed by atoms with van der Waals surface area (Å²) in [5, 5.41) is 13.4. The third-order valence-electron chi connectivity index (χ3n) is 3.23. The molecule has 0 aliphatic carbocycles. The lowest BCUT2D eigenvalue weighted by Gasteiger charge is -2.09. The number of rotatable bonds is 7. The molecule has 0 aliphatic rings. The number of carbonyl (C=O) groups is 2. The number of ether oxygens (including phenoxy) is 1. The second-order valence-corrected chi connectivity index (χ2v) is 5.12. The fraction of sp³-hybridized carbons (Fsp3) is 0.0526. The van der Waals surface area contributed by atoms with Crippen molar-refractivity contribution in [2.75, 3.05) is 6.61 Å². The lowest BCUT2D eigenvalue weighted by molar-refractivity contribution is -0.384. The zero-order valence-corrected chi connectivity index (χ0v) is 13.8. The van der Waals surface area contributed by atoms with E-state index in [4.69, 9.17) is 4.74 Å². The Labute approximate surface area is 149 Å². The van der Waals surface area contributed by atoms with Crippen LogP contribution in [0.3, 0.4) is 0 Å². The monoisotopic (exact) mass is 352 g/mol. The molecular weight excluding hydrogens is 336 g/mol. The van der Waals surface area contributed by atoms with Gasteiger partial charge in [0.25, 0.3) is 11.6 Å². The maximum absolute atomic E-state index is 12.3. The minimum Gasteiger partial charge on any atom is -0.457 e. The molecule has 7 nitrogen and oxygen atoms in total. The van der Waals surface area contributed by atoms with E-state index in [1.54, 1.807) is 36.4 Å². The van der Waals surface area contributed by atoms with E-state index in [-0.39, 0.29) is 18.0 Å². The highest BCUT2D eigenvalue weighted by Gasteiger charge is 2.16. The Morgan fingerprint density at radius 3 is 2.54 bits per heavy atom. The zero-order valence-electron chi connectivity index (χ0n) is 13.8. The lowest BCUT2D eigenvalue weighted by Crippen LogP contribution is -2.28. The van der Waals surface area contributed by atoms with Crippen LogP contribution in [0.25, 0.3) is 6.08 Å². The van der Waals surface area contributed by atoms with Crippen LogP contribution in [-0.4, -0.2) is 23.4 Å². The molecule has 0 fully saturated rings. The SMILES string of the molecule is C=CCOC(=O)C(=Cc1cccc([N+](=O)[O-])c1)NC(=O)c1ccccc1. The molecule has 1 N–H and O–H groups in total. The summed E-state index contributed by atoms with van der Waals surface area (Å²) in [6.07, 6.45) is 2.71. The summed E-state index contributed by atoms with van der Waals surface area (Å²) in [6, 6.07) is 14.0. The number of hydrogen-bond donors (Lipinski definition) is 1. The Kier molecular flexibility index (Phi) is 6.39. The van der Waals surface area contributed by atoms with Gasteiger partial charge in [-0.2, -0.15) is 0 Å². The normalized spacial score (nSPS) is 10.7. The first-order valence-corrected chi connectivity index (χ1v) is 7.62. The number of carbonyl (C=O) groups excluding carboxylic acids is 2. The number of nitro benzene ring substituents is 1. The predicted molar refractivity (Wildman–Crippen MR) is 96.1 cm³/mol. The van der Waals surface area contributed by atoms with Crippen molar-refractivity contribution >= 4 is 23.6 Å². The number of non-ortho nitro benzene ring substituents is 1. The van der Waals surface area contributed by atoms with Crippen LogP contribution in [-0.2, 0) is 9.53 Å².